The summed E-state index contributed by atoms with van der Waals surface area (Å²) in [5, 5.41) is 0.348. The third-order valence-corrected chi connectivity index (χ3v) is 2.66. The van der Waals surface area contributed by atoms with Crippen LogP contribution in [0.3, 0.4) is 0 Å². The Kier molecular flexibility index (Phi) is 4.97. The van der Waals surface area contributed by atoms with Crippen molar-refractivity contribution in [2.24, 2.45) is 0 Å². The van der Waals surface area contributed by atoms with Crippen LogP contribution in [0.2, 0.25) is 5.02 Å². The van der Waals surface area contributed by atoms with Gasteiger partial charge in [0, 0.05) is 12.1 Å². The van der Waals surface area contributed by atoms with E-state index in [9.17, 15) is 18.4 Å². The molecule has 0 spiro atoms. The first-order valence-electron chi connectivity index (χ1n) is 5.13. The number of benzene rings is 1. The fourth-order valence-corrected chi connectivity index (χ4v) is 1.60. The molecule has 0 saturated carbocycles. The van der Waals surface area contributed by atoms with E-state index in [1.54, 1.807) is 0 Å². The minimum atomic E-state index is -4.03. The molecule has 1 unspecified atom stereocenters. The minimum absolute atomic E-state index is 0.0224. The first kappa shape index (κ1) is 15.5. The lowest BCUT2D eigenvalue weighted by Gasteiger charge is -2.23. The molecule has 0 aliphatic rings. The summed E-state index contributed by atoms with van der Waals surface area (Å²) in [5.74, 6) is -7.62. The number of esters is 1. The van der Waals surface area contributed by atoms with E-state index in [1.807, 2.05) is 0 Å². The molecule has 1 atom stereocenters. The molecule has 1 aromatic rings. The van der Waals surface area contributed by atoms with Gasteiger partial charge in [-0.15, -0.1) is 0 Å². The normalized spacial score (nSPS) is 12.9. The van der Waals surface area contributed by atoms with Gasteiger partial charge in [0.2, 0.25) is 0 Å². The van der Waals surface area contributed by atoms with Gasteiger partial charge in [0.15, 0.2) is 6.10 Å². The van der Waals surface area contributed by atoms with Crippen LogP contribution in [0.4, 0.5) is 8.78 Å². The molecule has 19 heavy (non-hydrogen) atoms. The molecule has 1 aromatic carbocycles. The summed E-state index contributed by atoms with van der Waals surface area (Å²) in [6.07, 6.45) is -1.89. The van der Waals surface area contributed by atoms with Crippen molar-refractivity contribution in [3.63, 3.8) is 0 Å². The highest BCUT2D eigenvalue weighted by Crippen LogP contribution is 2.35. The maximum Gasteiger partial charge on any atom is 0.381 e. The average Bonchev–Trinajstić information content (AvgIpc) is 2.39. The number of Topliss-reactive ketones (excluding diaryl/α,β-unsaturated/α-hetero) is 1. The van der Waals surface area contributed by atoms with Crippen LogP contribution in [0.1, 0.15) is 11.7 Å². The van der Waals surface area contributed by atoms with Gasteiger partial charge in [-0.3, -0.25) is 4.79 Å². The molecule has 7 heteroatoms. The van der Waals surface area contributed by atoms with Crippen molar-refractivity contribution in [3.05, 3.63) is 34.9 Å². The van der Waals surface area contributed by atoms with E-state index in [4.69, 9.17) is 11.6 Å². The summed E-state index contributed by atoms with van der Waals surface area (Å²) in [7, 11) is 1.86. The number of carbonyl (C=O) groups excluding carboxylic acids is 2. The summed E-state index contributed by atoms with van der Waals surface area (Å²) >= 11 is 5.64. The highest BCUT2D eigenvalue weighted by Gasteiger charge is 2.52. The molecular weight excluding hydrogens is 282 g/mol. The smallest absolute Gasteiger partial charge is 0.381 e. The molecule has 0 amide bonds. The van der Waals surface area contributed by atoms with Gasteiger partial charge in [-0.1, -0.05) is 23.7 Å². The van der Waals surface area contributed by atoms with Crippen LogP contribution in [0.5, 0.6) is 0 Å². The zero-order valence-electron chi connectivity index (χ0n) is 10.2. The largest absolute Gasteiger partial charge is 0.463 e. The van der Waals surface area contributed by atoms with Crippen LogP contribution in [0.15, 0.2) is 24.3 Å². The molecule has 0 saturated heterocycles. The van der Waals surface area contributed by atoms with Crippen molar-refractivity contribution in [3.8, 4) is 0 Å². The Morgan fingerprint density at radius 3 is 2.16 bits per heavy atom. The lowest BCUT2D eigenvalue weighted by molar-refractivity contribution is -0.178. The molecule has 0 fully saturated rings. The summed E-state index contributed by atoms with van der Waals surface area (Å²) in [6, 6.07) is 5.33. The molecular formula is C12H11ClF2O4. The standard InChI is InChI=1S/C12H11ClF2O4/c1-18-10(7-3-5-8(13)6-4-7)12(14,15)9(16)11(17)19-2/h3-6,10H,1-2H3. The summed E-state index contributed by atoms with van der Waals surface area (Å²) in [4.78, 5) is 22.2. The Morgan fingerprint density at radius 1 is 1.21 bits per heavy atom. The van der Waals surface area contributed by atoms with Crippen molar-refractivity contribution in [1.29, 1.82) is 0 Å². The highest BCUT2D eigenvalue weighted by atomic mass is 35.5. The van der Waals surface area contributed by atoms with E-state index in [0.717, 1.165) is 14.2 Å². The Balaban J connectivity index is 3.11. The number of methoxy groups -OCH3 is 2. The summed E-state index contributed by atoms with van der Waals surface area (Å²) in [6.45, 7) is 0. The zero-order chi connectivity index (χ0) is 14.6. The molecule has 0 aliphatic carbocycles. The quantitative estimate of drug-likeness (QED) is 0.618. The highest BCUT2D eigenvalue weighted by molar-refractivity contribution is 6.36. The van der Waals surface area contributed by atoms with Gasteiger partial charge in [-0.2, -0.15) is 8.78 Å². The van der Waals surface area contributed by atoms with Crippen LogP contribution in [0, 0.1) is 0 Å². The monoisotopic (exact) mass is 292 g/mol. The number of halogens is 3. The predicted octanol–water partition coefficient (Wildman–Crippen LogP) is 2.40. The zero-order valence-corrected chi connectivity index (χ0v) is 10.9. The fraction of sp³-hybridized carbons (Fsp3) is 0.333. The maximum absolute atomic E-state index is 13.9. The van der Waals surface area contributed by atoms with E-state index in [-0.39, 0.29) is 5.56 Å². The molecule has 104 valence electrons. The SMILES string of the molecule is COC(=O)C(=O)C(F)(F)C(OC)c1ccc(Cl)cc1. The first-order chi connectivity index (χ1) is 8.84. The van der Waals surface area contributed by atoms with E-state index in [2.05, 4.69) is 9.47 Å². The van der Waals surface area contributed by atoms with Gasteiger partial charge in [0.05, 0.1) is 7.11 Å². The molecule has 4 nitrogen and oxygen atoms in total. The molecule has 0 heterocycles. The lowest BCUT2D eigenvalue weighted by Crippen LogP contribution is -2.41. The summed E-state index contributed by atoms with van der Waals surface area (Å²) in [5.41, 5.74) is 0.0224. The molecule has 0 bridgehead atoms. The summed E-state index contributed by atoms with van der Waals surface area (Å²) < 4.78 is 36.4. The molecule has 0 N–H and O–H groups in total. The molecule has 1 rings (SSSR count). The number of carbonyl (C=O) groups is 2. The second-order valence-corrected chi connectivity index (χ2v) is 4.05. The third kappa shape index (κ3) is 3.27. The van der Waals surface area contributed by atoms with Crippen molar-refractivity contribution < 1.29 is 27.8 Å². The van der Waals surface area contributed by atoms with E-state index in [0.29, 0.717) is 5.02 Å². The third-order valence-electron chi connectivity index (χ3n) is 2.41. The molecule has 0 aliphatic heterocycles. The van der Waals surface area contributed by atoms with Gasteiger partial charge in [-0.05, 0) is 17.7 Å². The maximum atomic E-state index is 13.9. The van der Waals surface area contributed by atoms with Crippen molar-refractivity contribution >= 4 is 23.4 Å². The minimum Gasteiger partial charge on any atom is -0.463 e. The number of hydrogen-bond donors (Lipinski definition) is 0. The van der Waals surface area contributed by atoms with Crippen LogP contribution in [0.25, 0.3) is 0 Å². The van der Waals surface area contributed by atoms with Gasteiger partial charge in [0.25, 0.3) is 0 Å². The number of alkyl halides is 2. The van der Waals surface area contributed by atoms with E-state index < -0.39 is 23.8 Å². The Hall–Kier alpha value is -1.53. The van der Waals surface area contributed by atoms with Crippen molar-refractivity contribution in [2.45, 2.75) is 12.0 Å². The van der Waals surface area contributed by atoms with Crippen molar-refractivity contribution in [2.75, 3.05) is 14.2 Å². The van der Waals surface area contributed by atoms with Crippen LogP contribution in [-0.2, 0) is 19.1 Å². The van der Waals surface area contributed by atoms with Gasteiger partial charge in [-0.25, -0.2) is 4.79 Å². The van der Waals surface area contributed by atoms with Gasteiger partial charge in [0.1, 0.15) is 0 Å². The Labute approximate surface area is 113 Å². The second kappa shape index (κ2) is 6.08. The van der Waals surface area contributed by atoms with Crippen LogP contribution < -0.4 is 0 Å². The van der Waals surface area contributed by atoms with Crippen LogP contribution in [-0.4, -0.2) is 31.9 Å². The second-order valence-electron chi connectivity index (χ2n) is 3.61. The Morgan fingerprint density at radius 2 is 1.74 bits per heavy atom. The Bertz CT molecular complexity index is 473. The fourth-order valence-electron chi connectivity index (χ4n) is 1.48. The van der Waals surface area contributed by atoms with Crippen molar-refractivity contribution in [1.82, 2.24) is 0 Å². The lowest BCUT2D eigenvalue weighted by atomic mass is 10.00. The van der Waals surface area contributed by atoms with Gasteiger partial charge >= 0.3 is 17.7 Å². The van der Waals surface area contributed by atoms with Gasteiger partial charge < -0.3 is 9.47 Å². The predicted molar refractivity (Wildman–Crippen MR) is 63.2 cm³/mol. The molecule has 0 aromatic heterocycles. The van der Waals surface area contributed by atoms with E-state index >= 15 is 0 Å². The van der Waals surface area contributed by atoms with E-state index in [1.165, 1.54) is 24.3 Å². The average molecular weight is 293 g/mol. The topological polar surface area (TPSA) is 52.6 Å². The molecule has 0 radical (unpaired) electrons. The number of ketones is 1. The number of ether oxygens (including phenoxy) is 2. The number of rotatable bonds is 5. The van der Waals surface area contributed by atoms with Crippen LogP contribution >= 0.6 is 11.6 Å². The first-order valence-corrected chi connectivity index (χ1v) is 5.51. The number of hydrogen-bond acceptors (Lipinski definition) is 4.